The molecule has 0 aromatic heterocycles. The van der Waals surface area contributed by atoms with Crippen LogP contribution in [0.5, 0.6) is 0 Å². The first-order chi connectivity index (χ1) is 35.5. The van der Waals surface area contributed by atoms with E-state index in [1.807, 2.05) is 0 Å². The fraction of sp³-hybridized carbons (Fsp3) is 0.833. The Morgan fingerprint density at radius 3 is 0.903 bits per heavy atom. The Hall–Kier alpha value is -2.63. The molecule has 0 amide bonds. The molecule has 0 heterocycles. The Labute approximate surface area is 448 Å². The molecule has 0 N–H and O–H groups in total. The Kier molecular flexibility index (Phi) is 58.7. The molecule has 0 saturated heterocycles. The predicted molar refractivity (Wildman–Crippen MR) is 312 cm³/mol. The Morgan fingerprint density at radius 2 is 0.556 bits per heavy atom. The number of esters is 3. The number of ether oxygens (including phenoxy) is 3. The van der Waals surface area contributed by atoms with E-state index in [2.05, 4.69) is 69.4 Å². The summed E-state index contributed by atoms with van der Waals surface area (Å²) in [5, 5.41) is 0. The molecule has 0 rings (SSSR count). The number of hydrogen-bond acceptors (Lipinski definition) is 6. The van der Waals surface area contributed by atoms with E-state index in [4.69, 9.17) is 14.2 Å². The number of carbonyl (C=O) groups is 3. The summed E-state index contributed by atoms with van der Waals surface area (Å²) < 4.78 is 16.9. The fourth-order valence-corrected chi connectivity index (χ4v) is 9.32. The molecule has 0 saturated carbocycles. The molecule has 6 heteroatoms. The van der Waals surface area contributed by atoms with Crippen LogP contribution in [0.1, 0.15) is 335 Å². The highest BCUT2D eigenvalue weighted by Gasteiger charge is 2.19. The molecule has 72 heavy (non-hydrogen) atoms. The quantitative estimate of drug-likeness (QED) is 0.0261. The third-order valence-corrected chi connectivity index (χ3v) is 14.1. The second kappa shape index (κ2) is 60.9. The van der Waals surface area contributed by atoms with Crippen LogP contribution in [0.3, 0.4) is 0 Å². The predicted octanol–water partition coefficient (Wildman–Crippen LogP) is 21.4. The fourth-order valence-electron chi connectivity index (χ4n) is 9.32. The minimum Gasteiger partial charge on any atom is -0.462 e. The van der Waals surface area contributed by atoms with Gasteiger partial charge in [-0.05, 0) is 70.6 Å². The van der Waals surface area contributed by atoms with Crippen LogP contribution in [0.2, 0.25) is 0 Å². The van der Waals surface area contributed by atoms with Crippen molar-refractivity contribution in [1.82, 2.24) is 0 Å². The lowest BCUT2D eigenvalue weighted by atomic mass is 10.0. The third-order valence-electron chi connectivity index (χ3n) is 14.1. The van der Waals surface area contributed by atoms with Crippen LogP contribution in [0.25, 0.3) is 0 Å². The molecule has 0 bridgehead atoms. The van der Waals surface area contributed by atoms with Crippen LogP contribution >= 0.6 is 0 Å². The van der Waals surface area contributed by atoms with Gasteiger partial charge in [-0.25, -0.2) is 0 Å². The number of allylic oxidation sites excluding steroid dienone is 8. The molecule has 0 spiro atoms. The van der Waals surface area contributed by atoms with E-state index < -0.39 is 6.10 Å². The Balaban J connectivity index is 4.14. The maximum Gasteiger partial charge on any atom is 0.306 e. The molecule has 1 unspecified atom stereocenters. The number of carbonyl (C=O) groups excluding carboxylic acids is 3. The van der Waals surface area contributed by atoms with Gasteiger partial charge in [0.1, 0.15) is 13.2 Å². The van der Waals surface area contributed by atoms with Gasteiger partial charge in [-0.15, -0.1) is 0 Å². The summed E-state index contributed by atoms with van der Waals surface area (Å²) in [5.74, 6) is -0.891. The van der Waals surface area contributed by atoms with Gasteiger partial charge in [0, 0.05) is 19.3 Å². The van der Waals surface area contributed by atoms with Gasteiger partial charge >= 0.3 is 17.9 Å². The topological polar surface area (TPSA) is 78.9 Å². The standard InChI is InChI=1S/C66H120O6/c1-4-7-10-13-16-19-22-24-26-27-28-29-30-31-32-33-34-35-36-37-38-40-41-44-47-50-53-56-59-65(68)71-62-63(61-70-64(67)58-55-52-49-46-43-21-18-15-12-9-6-3)72-66(69)60-57-54-51-48-45-42-39-25-23-20-17-14-11-8-5-2/h8,11,15,17-18,20,25,39,63H,4-7,9-10,12-14,16,19,21-24,26-38,40-62H2,1-3H3/b11-8-,18-15-,20-17-,39-25-. The largest absolute Gasteiger partial charge is 0.462 e. The first kappa shape index (κ1) is 69.4. The third kappa shape index (κ3) is 58.3. The Bertz CT molecular complexity index is 1250. The lowest BCUT2D eigenvalue weighted by Gasteiger charge is -2.18. The van der Waals surface area contributed by atoms with Gasteiger partial charge in [0.2, 0.25) is 0 Å². The highest BCUT2D eigenvalue weighted by Crippen LogP contribution is 2.18. The second-order valence-electron chi connectivity index (χ2n) is 21.3. The SMILES string of the molecule is CC/C=C\C/C=C\C/C=C\CCCCCCCC(=O)OC(COC(=O)CCCCCCC/C=C\CCCC)COC(=O)CCCCCCCCCCCCCCCCCCCCCCCCCCCCCC. The van der Waals surface area contributed by atoms with E-state index in [0.717, 1.165) is 103 Å². The molecule has 6 nitrogen and oxygen atoms in total. The normalized spacial score (nSPS) is 12.3. The zero-order valence-electron chi connectivity index (χ0n) is 48.2. The monoisotopic (exact) mass is 1010 g/mol. The van der Waals surface area contributed by atoms with E-state index in [9.17, 15) is 14.4 Å². The molecule has 0 aliphatic carbocycles. The number of unbranched alkanes of at least 4 members (excludes halogenated alkanes) is 39. The van der Waals surface area contributed by atoms with E-state index in [-0.39, 0.29) is 31.1 Å². The van der Waals surface area contributed by atoms with Crippen molar-refractivity contribution in [2.24, 2.45) is 0 Å². The number of hydrogen-bond donors (Lipinski definition) is 0. The first-order valence-electron chi connectivity index (χ1n) is 31.6. The summed E-state index contributed by atoms with van der Waals surface area (Å²) in [6, 6.07) is 0. The van der Waals surface area contributed by atoms with Crippen LogP contribution in [-0.2, 0) is 28.6 Å². The van der Waals surface area contributed by atoms with Gasteiger partial charge in [0.15, 0.2) is 6.10 Å². The summed E-state index contributed by atoms with van der Waals surface area (Å²) in [4.78, 5) is 38.1. The van der Waals surface area contributed by atoms with E-state index in [1.165, 1.54) is 193 Å². The van der Waals surface area contributed by atoms with Crippen molar-refractivity contribution >= 4 is 17.9 Å². The first-order valence-corrected chi connectivity index (χ1v) is 31.6. The van der Waals surface area contributed by atoms with Crippen molar-refractivity contribution in [2.75, 3.05) is 13.2 Å². The number of rotatable bonds is 58. The maximum atomic E-state index is 12.8. The summed E-state index contributed by atoms with van der Waals surface area (Å²) in [7, 11) is 0. The minimum absolute atomic E-state index is 0.0799. The van der Waals surface area contributed by atoms with Gasteiger partial charge < -0.3 is 14.2 Å². The average Bonchev–Trinajstić information content (AvgIpc) is 3.38. The zero-order valence-corrected chi connectivity index (χ0v) is 48.2. The summed E-state index contributed by atoms with van der Waals surface area (Å²) in [6.45, 7) is 6.51. The van der Waals surface area contributed by atoms with Gasteiger partial charge in [-0.2, -0.15) is 0 Å². The smallest absolute Gasteiger partial charge is 0.306 e. The lowest BCUT2D eigenvalue weighted by Crippen LogP contribution is -2.30. The summed E-state index contributed by atoms with van der Waals surface area (Å²) in [5.41, 5.74) is 0. The maximum absolute atomic E-state index is 12.8. The van der Waals surface area contributed by atoms with Gasteiger partial charge in [-0.1, -0.05) is 294 Å². The van der Waals surface area contributed by atoms with Crippen molar-refractivity contribution in [3.05, 3.63) is 48.6 Å². The summed E-state index contributed by atoms with van der Waals surface area (Å²) >= 11 is 0. The molecule has 1 atom stereocenters. The van der Waals surface area contributed by atoms with Crippen molar-refractivity contribution in [3.63, 3.8) is 0 Å². The van der Waals surface area contributed by atoms with Gasteiger partial charge in [0.25, 0.3) is 0 Å². The molecule has 0 radical (unpaired) electrons. The van der Waals surface area contributed by atoms with Crippen LogP contribution < -0.4 is 0 Å². The van der Waals surface area contributed by atoms with Crippen molar-refractivity contribution in [1.29, 1.82) is 0 Å². The van der Waals surface area contributed by atoms with Crippen LogP contribution in [0, 0.1) is 0 Å². The molecule has 0 aromatic carbocycles. The molecule has 420 valence electrons. The van der Waals surface area contributed by atoms with Crippen LogP contribution in [-0.4, -0.2) is 37.2 Å². The van der Waals surface area contributed by atoms with Crippen molar-refractivity contribution in [2.45, 2.75) is 341 Å². The van der Waals surface area contributed by atoms with E-state index >= 15 is 0 Å². The molecule has 0 aromatic rings. The van der Waals surface area contributed by atoms with E-state index in [0.29, 0.717) is 19.3 Å². The molecule has 0 aliphatic rings. The van der Waals surface area contributed by atoms with Crippen LogP contribution in [0.4, 0.5) is 0 Å². The minimum atomic E-state index is -0.783. The molecular weight excluding hydrogens is 889 g/mol. The van der Waals surface area contributed by atoms with Crippen molar-refractivity contribution < 1.29 is 28.6 Å². The second-order valence-corrected chi connectivity index (χ2v) is 21.3. The Morgan fingerprint density at radius 1 is 0.292 bits per heavy atom. The highest BCUT2D eigenvalue weighted by molar-refractivity contribution is 5.71. The van der Waals surface area contributed by atoms with Crippen molar-refractivity contribution in [3.8, 4) is 0 Å². The average molecular weight is 1010 g/mol. The highest BCUT2D eigenvalue weighted by atomic mass is 16.6. The van der Waals surface area contributed by atoms with Gasteiger partial charge in [0.05, 0.1) is 0 Å². The lowest BCUT2D eigenvalue weighted by molar-refractivity contribution is -0.167. The van der Waals surface area contributed by atoms with E-state index in [1.54, 1.807) is 0 Å². The molecule has 0 aliphatic heterocycles. The molecular formula is C66H120O6. The van der Waals surface area contributed by atoms with Gasteiger partial charge in [-0.3, -0.25) is 14.4 Å². The zero-order chi connectivity index (χ0) is 52.2. The molecule has 0 fully saturated rings. The summed E-state index contributed by atoms with van der Waals surface area (Å²) in [6.07, 6.45) is 75.7. The van der Waals surface area contributed by atoms with Crippen LogP contribution in [0.15, 0.2) is 48.6 Å².